The number of hydrogen-bond donors (Lipinski definition) is 1. The molecule has 8 heteroatoms. The molecule has 0 radical (unpaired) electrons. The number of carboxylic acid groups (broad SMARTS) is 1. The number of carbonyl (C=O) groups is 2. The van der Waals surface area contributed by atoms with Crippen LogP contribution in [0.1, 0.15) is 34.6 Å². The van der Waals surface area contributed by atoms with Gasteiger partial charge < -0.3 is 9.84 Å². The average Bonchev–Trinajstić information content (AvgIpc) is 2.13. The predicted octanol–water partition coefficient (Wildman–Crippen LogP) is 2.65. The van der Waals surface area contributed by atoms with Gasteiger partial charge in [0.15, 0.2) is 0 Å². The van der Waals surface area contributed by atoms with Gasteiger partial charge in [0, 0.05) is 6.54 Å². The molecular formula is C11H18F3NO4. The summed E-state index contributed by atoms with van der Waals surface area (Å²) in [6, 6.07) is 0. The predicted molar refractivity (Wildman–Crippen MR) is 60.7 cm³/mol. The van der Waals surface area contributed by atoms with Crippen molar-refractivity contribution >= 4 is 12.1 Å². The molecule has 0 heterocycles. The third kappa shape index (κ3) is 3.74. The molecule has 0 rings (SSSR count). The smallest absolute Gasteiger partial charge is 0.422 e. The first-order chi connectivity index (χ1) is 8.27. The molecule has 0 aliphatic heterocycles. The molecule has 112 valence electrons. The van der Waals surface area contributed by atoms with Gasteiger partial charge in [0.25, 0.3) is 0 Å². The quantitative estimate of drug-likeness (QED) is 0.865. The van der Waals surface area contributed by atoms with Crippen molar-refractivity contribution in [3.05, 3.63) is 0 Å². The molecule has 0 aromatic heterocycles. The van der Waals surface area contributed by atoms with Gasteiger partial charge in [-0.3, -0.25) is 4.90 Å². The highest BCUT2D eigenvalue weighted by atomic mass is 19.4. The van der Waals surface area contributed by atoms with Crippen molar-refractivity contribution in [1.82, 2.24) is 4.90 Å². The van der Waals surface area contributed by atoms with Gasteiger partial charge in [-0.1, -0.05) is 0 Å². The maximum absolute atomic E-state index is 13.0. The Labute approximate surface area is 109 Å². The molecule has 1 amide bonds. The van der Waals surface area contributed by atoms with Crippen molar-refractivity contribution in [1.29, 1.82) is 0 Å². The van der Waals surface area contributed by atoms with Crippen LogP contribution in [0.4, 0.5) is 18.0 Å². The van der Waals surface area contributed by atoms with E-state index in [9.17, 15) is 22.8 Å². The summed E-state index contributed by atoms with van der Waals surface area (Å²) >= 11 is 0. The minimum atomic E-state index is -5.12. The zero-order chi connectivity index (χ0) is 15.6. The molecule has 0 bridgehead atoms. The maximum atomic E-state index is 13.0. The molecule has 0 saturated carbocycles. The molecule has 19 heavy (non-hydrogen) atoms. The lowest BCUT2D eigenvalue weighted by atomic mass is 10.00. The lowest BCUT2D eigenvalue weighted by molar-refractivity contribution is -0.228. The van der Waals surface area contributed by atoms with Crippen LogP contribution in [-0.4, -0.2) is 45.9 Å². The molecule has 1 atom stereocenters. The van der Waals surface area contributed by atoms with Gasteiger partial charge >= 0.3 is 18.2 Å². The van der Waals surface area contributed by atoms with Crippen LogP contribution in [0.3, 0.4) is 0 Å². The molecule has 1 N–H and O–H groups in total. The maximum Gasteiger partial charge on any atom is 0.422 e. The Morgan fingerprint density at radius 1 is 1.16 bits per heavy atom. The van der Waals surface area contributed by atoms with Gasteiger partial charge in [-0.05, 0) is 34.6 Å². The number of hydrogen-bond acceptors (Lipinski definition) is 3. The second kappa shape index (κ2) is 5.26. The minimum absolute atomic E-state index is 0.153. The zero-order valence-corrected chi connectivity index (χ0v) is 11.5. The Morgan fingerprint density at radius 2 is 1.58 bits per heavy atom. The van der Waals surface area contributed by atoms with Gasteiger partial charge in [0.1, 0.15) is 5.60 Å². The number of carboxylic acids is 1. The minimum Gasteiger partial charge on any atom is -0.479 e. The summed E-state index contributed by atoms with van der Waals surface area (Å²) in [5.41, 5.74) is -4.35. The lowest BCUT2D eigenvalue weighted by Gasteiger charge is -2.38. The monoisotopic (exact) mass is 285 g/mol. The number of nitrogens with zero attached hydrogens (tertiary/aromatic N) is 1. The lowest BCUT2D eigenvalue weighted by Crippen LogP contribution is -2.64. The van der Waals surface area contributed by atoms with E-state index in [4.69, 9.17) is 9.84 Å². The van der Waals surface area contributed by atoms with Crippen LogP contribution in [0.2, 0.25) is 0 Å². The van der Waals surface area contributed by atoms with E-state index < -0.39 is 35.9 Å². The first-order valence-corrected chi connectivity index (χ1v) is 5.58. The normalized spacial score (nSPS) is 15.6. The highest BCUT2D eigenvalue weighted by Crippen LogP contribution is 2.36. The molecule has 0 spiro atoms. The number of carbonyl (C=O) groups excluding carboxylic acids is 1. The van der Waals surface area contributed by atoms with Gasteiger partial charge in [-0.2, -0.15) is 13.2 Å². The van der Waals surface area contributed by atoms with Crippen LogP contribution in [0.5, 0.6) is 0 Å². The van der Waals surface area contributed by atoms with E-state index in [2.05, 4.69) is 0 Å². The molecule has 0 fully saturated rings. The van der Waals surface area contributed by atoms with Crippen molar-refractivity contribution in [2.24, 2.45) is 0 Å². The van der Waals surface area contributed by atoms with Crippen molar-refractivity contribution in [3.8, 4) is 0 Å². The van der Waals surface area contributed by atoms with Gasteiger partial charge in [0.05, 0.1) is 0 Å². The third-order valence-corrected chi connectivity index (χ3v) is 2.44. The molecule has 5 nitrogen and oxygen atoms in total. The summed E-state index contributed by atoms with van der Waals surface area (Å²) in [7, 11) is 0. The Bertz CT molecular complexity index is 362. The van der Waals surface area contributed by atoms with E-state index in [0.29, 0.717) is 6.92 Å². The van der Waals surface area contributed by atoms with Crippen molar-refractivity contribution < 1.29 is 32.6 Å². The molecule has 0 saturated heterocycles. The highest BCUT2D eigenvalue weighted by Gasteiger charge is 2.62. The summed E-state index contributed by atoms with van der Waals surface area (Å²) in [5, 5.41) is 8.85. The van der Waals surface area contributed by atoms with E-state index >= 15 is 0 Å². The van der Waals surface area contributed by atoms with Gasteiger partial charge in [-0.25, -0.2) is 9.59 Å². The number of amides is 1. The summed E-state index contributed by atoms with van der Waals surface area (Å²) in [4.78, 5) is 22.9. The van der Waals surface area contributed by atoms with Gasteiger partial charge in [-0.15, -0.1) is 0 Å². The topological polar surface area (TPSA) is 66.8 Å². The highest BCUT2D eigenvalue weighted by molar-refractivity contribution is 5.85. The first-order valence-electron chi connectivity index (χ1n) is 5.58. The van der Waals surface area contributed by atoms with Crippen molar-refractivity contribution in [2.45, 2.75) is 51.9 Å². The zero-order valence-electron chi connectivity index (χ0n) is 11.5. The van der Waals surface area contributed by atoms with E-state index in [1.807, 2.05) is 0 Å². The molecule has 0 aliphatic rings. The fourth-order valence-corrected chi connectivity index (χ4v) is 1.33. The summed E-state index contributed by atoms with van der Waals surface area (Å²) in [6.07, 6.45) is -6.44. The Kier molecular flexibility index (Phi) is 4.85. The van der Waals surface area contributed by atoms with E-state index in [1.165, 1.54) is 27.7 Å². The van der Waals surface area contributed by atoms with Crippen molar-refractivity contribution in [3.63, 3.8) is 0 Å². The SMILES string of the molecule is CCN(C(=O)OC(C)(C)C)C(C)(C(=O)O)C(F)(F)F. The number of likely N-dealkylation sites (N-methyl/N-ethyl adjacent to an activating group) is 1. The molecule has 0 aliphatic carbocycles. The fourth-order valence-electron chi connectivity index (χ4n) is 1.33. The van der Waals surface area contributed by atoms with Crippen molar-refractivity contribution in [2.75, 3.05) is 6.54 Å². The summed E-state index contributed by atoms with van der Waals surface area (Å²) < 4.78 is 43.7. The van der Waals surface area contributed by atoms with Gasteiger partial charge in [0.2, 0.25) is 5.54 Å². The van der Waals surface area contributed by atoms with Crippen LogP contribution in [0.25, 0.3) is 0 Å². The van der Waals surface area contributed by atoms with Crippen LogP contribution in [-0.2, 0) is 9.53 Å². The van der Waals surface area contributed by atoms with E-state index in [1.54, 1.807) is 0 Å². The molecule has 1 unspecified atom stereocenters. The van der Waals surface area contributed by atoms with Crippen LogP contribution < -0.4 is 0 Å². The van der Waals surface area contributed by atoms with Crippen LogP contribution in [0, 0.1) is 0 Å². The second-order valence-corrected chi connectivity index (χ2v) is 5.10. The Morgan fingerprint density at radius 3 is 1.79 bits per heavy atom. The van der Waals surface area contributed by atoms with E-state index in [-0.39, 0.29) is 4.90 Å². The Balaban J connectivity index is 5.54. The summed E-state index contributed by atoms with van der Waals surface area (Å²) in [6.45, 7) is 5.66. The van der Waals surface area contributed by atoms with Crippen LogP contribution >= 0.6 is 0 Å². The van der Waals surface area contributed by atoms with Crippen LogP contribution in [0.15, 0.2) is 0 Å². The number of rotatable bonds is 3. The third-order valence-electron chi connectivity index (χ3n) is 2.44. The summed E-state index contributed by atoms with van der Waals surface area (Å²) in [5.74, 6) is -2.16. The first kappa shape index (κ1) is 17.5. The molecule has 0 aromatic carbocycles. The molecular weight excluding hydrogens is 267 g/mol. The molecule has 0 aromatic rings. The standard InChI is InChI=1S/C11H18F3NO4/c1-6-15(8(18)19-9(2,3)4)10(5,7(16)17)11(12,13)14/h6H2,1-5H3,(H,16,17). The number of halogens is 3. The number of aliphatic carboxylic acids is 1. The van der Waals surface area contributed by atoms with E-state index in [0.717, 1.165) is 0 Å². The fraction of sp³-hybridized carbons (Fsp3) is 0.818. The number of ether oxygens (including phenoxy) is 1. The number of alkyl halides is 3. The second-order valence-electron chi connectivity index (χ2n) is 5.10. The Hall–Kier alpha value is -1.47. The average molecular weight is 285 g/mol. The largest absolute Gasteiger partial charge is 0.479 e.